The van der Waals surface area contributed by atoms with E-state index in [1.165, 1.54) is 0 Å². The lowest BCUT2D eigenvalue weighted by molar-refractivity contribution is -0.123. The molecule has 3 nitrogen and oxygen atoms in total. The summed E-state index contributed by atoms with van der Waals surface area (Å²) in [5.74, 6) is 0.322. The van der Waals surface area contributed by atoms with Crippen LogP contribution in [0.5, 0.6) is 0 Å². The second-order valence-electron chi connectivity index (χ2n) is 5.85. The van der Waals surface area contributed by atoms with Crippen LogP contribution < -0.4 is 5.32 Å². The van der Waals surface area contributed by atoms with E-state index >= 15 is 0 Å². The zero-order valence-corrected chi connectivity index (χ0v) is 12.4. The summed E-state index contributed by atoms with van der Waals surface area (Å²) in [6.07, 6.45) is -0.106. The lowest BCUT2D eigenvalue weighted by Crippen LogP contribution is -2.31. The van der Waals surface area contributed by atoms with Crippen molar-refractivity contribution < 1.29 is 9.90 Å². The van der Waals surface area contributed by atoms with Crippen molar-refractivity contribution in [3.05, 3.63) is 22.4 Å². The molecule has 18 heavy (non-hydrogen) atoms. The predicted octanol–water partition coefficient (Wildman–Crippen LogP) is 2.97. The van der Waals surface area contributed by atoms with Crippen LogP contribution in [-0.4, -0.2) is 17.6 Å². The van der Waals surface area contributed by atoms with Gasteiger partial charge < -0.3 is 10.4 Å². The molecule has 1 aromatic heterocycles. The minimum absolute atomic E-state index is 0.00621. The second-order valence-corrected chi connectivity index (χ2v) is 6.63. The zero-order valence-electron chi connectivity index (χ0n) is 11.6. The summed E-state index contributed by atoms with van der Waals surface area (Å²) in [6.45, 7) is 8.75. The van der Waals surface area contributed by atoms with E-state index in [1.807, 2.05) is 16.8 Å². The van der Waals surface area contributed by atoms with Gasteiger partial charge in [0.05, 0.1) is 6.10 Å². The van der Waals surface area contributed by atoms with Gasteiger partial charge in [-0.25, -0.2) is 0 Å². The largest absolute Gasteiger partial charge is 0.387 e. The molecule has 2 unspecified atom stereocenters. The van der Waals surface area contributed by atoms with Gasteiger partial charge in [0.25, 0.3) is 0 Å². The van der Waals surface area contributed by atoms with Crippen molar-refractivity contribution in [3.63, 3.8) is 0 Å². The fourth-order valence-corrected chi connectivity index (χ4v) is 2.16. The minimum atomic E-state index is -0.606. The highest BCUT2D eigenvalue weighted by Gasteiger charge is 2.22. The van der Waals surface area contributed by atoms with Crippen molar-refractivity contribution in [2.45, 2.75) is 40.2 Å². The number of aliphatic hydroxyl groups excluding tert-OH is 1. The van der Waals surface area contributed by atoms with Crippen LogP contribution in [0.15, 0.2) is 16.8 Å². The van der Waals surface area contributed by atoms with E-state index in [9.17, 15) is 9.90 Å². The number of aliphatic hydroxyl groups is 1. The Kier molecular flexibility index (Phi) is 5.35. The first-order valence-corrected chi connectivity index (χ1v) is 7.22. The molecule has 0 saturated heterocycles. The maximum absolute atomic E-state index is 11.8. The van der Waals surface area contributed by atoms with Crippen molar-refractivity contribution in [2.24, 2.45) is 11.3 Å². The molecule has 102 valence electrons. The van der Waals surface area contributed by atoms with Crippen LogP contribution >= 0.6 is 11.3 Å². The second kappa shape index (κ2) is 6.34. The van der Waals surface area contributed by atoms with Gasteiger partial charge in [0.2, 0.25) is 5.91 Å². The molecule has 0 aliphatic heterocycles. The molecule has 4 heteroatoms. The van der Waals surface area contributed by atoms with E-state index in [1.54, 1.807) is 11.3 Å². The standard InChI is InChI=1S/C14H23NO2S/c1-10(14(2,3)4)7-13(17)15-8-12(16)11-5-6-18-9-11/h5-6,9-10,12,16H,7-8H2,1-4H3,(H,15,17). The van der Waals surface area contributed by atoms with Crippen LogP contribution in [0.25, 0.3) is 0 Å². The van der Waals surface area contributed by atoms with Crippen LogP contribution in [0.2, 0.25) is 0 Å². The lowest BCUT2D eigenvalue weighted by Gasteiger charge is -2.26. The molecule has 2 atom stereocenters. The third kappa shape index (κ3) is 4.78. The van der Waals surface area contributed by atoms with E-state index in [4.69, 9.17) is 0 Å². The third-order valence-corrected chi connectivity index (χ3v) is 4.09. The highest BCUT2D eigenvalue weighted by molar-refractivity contribution is 7.07. The molecule has 0 radical (unpaired) electrons. The van der Waals surface area contributed by atoms with Gasteiger partial charge in [0.15, 0.2) is 0 Å². The number of thiophene rings is 1. The van der Waals surface area contributed by atoms with Crippen molar-refractivity contribution in [1.29, 1.82) is 0 Å². The quantitative estimate of drug-likeness (QED) is 0.863. The molecular formula is C14H23NO2S. The first kappa shape index (κ1) is 15.2. The number of carbonyl (C=O) groups is 1. The van der Waals surface area contributed by atoms with Gasteiger partial charge >= 0.3 is 0 Å². The number of nitrogens with one attached hydrogen (secondary N) is 1. The smallest absolute Gasteiger partial charge is 0.220 e. The molecular weight excluding hydrogens is 246 g/mol. The fourth-order valence-electron chi connectivity index (χ4n) is 1.45. The Bertz CT molecular complexity index is 368. The molecule has 0 aliphatic rings. The van der Waals surface area contributed by atoms with Crippen molar-refractivity contribution in [3.8, 4) is 0 Å². The summed E-state index contributed by atoms with van der Waals surface area (Å²) in [6, 6.07) is 1.87. The zero-order chi connectivity index (χ0) is 13.8. The molecule has 1 heterocycles. The van der Waals surface area contributed by atoms with Crippen LogP contribution in [0.3, 0.4) is 0 Å². The summed E-state index contributed by atoms with van der Waals surface area (Å²) in [7, 11) is 0. The van der Waals surface area contributed by atoms with Crippen molar-refractivity contribution >= 4 is 17.2 Å². The number of carbonyl (C=O) groups excluding carboxylic acids is 1. The van der Waals surface area contributed by atoms with Gasteiger partial charge in [-0.2, -0.15) is 11.3 Å². The monoisotopic (exact) mass is 269 g/mol. The minimum Gasteiger partial charge on any atom is -0.387 e. The maximum atomic E-state index is 11.8. The predicted molar refractivity (Wildman–Crippen MR) is 75.5 cm³/mol. The third-order valence-electron chi connectivity index (χ3n) is 3.39. The van der Waals surface area contributed by atoms with E-state index in [0.29, 0.717) is 12.3 Å². The summed E-state index contributed by atoms with van der Waals surface area (Å²) < 4.78 is 0. The summed E-state index contributed by atoms with van der Waals surface area (Å²) in [5.41, 5.74) is 0.993. The molecule has 0 aliphatic carbocycles. The first-order valence-electron chi connectivity index (χ1n) is 6.27. The van der Waals surface area contributed by atoms with Crippen LogP contribution in [0, 0.1) is 11.3 Å². The molecule has 1 rings (SSSR count). The van der Waals surface area contributed by atoms with E-state index < -0.39 is 6.10 Å². The van der Waals surface area contributed by atoms with E-state index in [2.05, 4.69) is 33.0 Å². The van der Waals surface area contributed by atoms with E-state index in [-0.39, 0.29) is 17.9 Å². The molecule has 0 aromatic carbocycles. The Morgan fingerprint density at radius 3 is 2.67 bits per heavy atom. The number of hydrogen-bond acceptors (Lipinski definition) is 3. The van der Waals surface area contributed by atoms with E-state index in [0.717, 1.165) is 5.56 Å². The molecule has 0 bridgehead atoms. The van der Waals surface area contributed by atoms with Crippen molar-refractivity contribution in [1.82, 2.24) is 5.32 Å². The summed E-state index contributed by atoms with van der Waals surface area (Å²) in [5, 5.41) is 16.4. The average Bonchev–Trinajstić information content (AvgIpc) is 2.77. The van der Waals surface area contributed by atoms with Crippen molar-refractivity contribution in [2.75, 3.05) is 6.54 Å². The van der Waals surface area contributed by atoms with Gasteiger partial charge in [-0.3, -0.25) is 4.79 Å². The molecule has 1 amide bonds. The van der Waals surface area contributed by atoms with Gasteiger partial charge in [-0.05, 0) is 33.7 Å². The molecule has 1 aromatic rings. The Morgan fingerprint density at radius 1 is 1.50 bits per heavy atom. The van der Waals surface area contributed by atoms with Crippen LogP contribution in [0.1, 0.15) is 45.8 Å². The van der Waals surface area contributed by atoms with Crippen LogP contribution in [0.4, 0.5) is 0 Å². The topological polar surface area (TPSA) is 49.3 Å². The lowest BCUT2D eigenvalue weighted by atomic mass is 9.80. The highest BCUT2D eigenvalue weighted by atomic mass is 32.1. The Hall–Kier alpha value is -0.870. The first-order chi connectivity index (χ1) is 8.30. The number of hydrogen-bond donors (Lipinski definition) is 2. The van der Waals surface area contributed by atoms with Gasteiger partial charge in [0.1, 0.15) is 0 Å². The average molecular weight is 269 g/mol. The van der Waals surface area contributed by atoms with Gasteiger partial charge in [-0.1, -0.05) is 27.7 Å². The molecule has 0 saturated carbocycles. The Morgan fingerprint density at radius 2 is 2.17 bits per heavy atom. The van der Waals surface area contributed by atoms with Gasteiger partial charge in [0, 0.05) is 13.0 Å². The summed E-state index contributed by atoms with van der Waals surface area (Å²) in [4.78, 5) is 11.8. The Balaban J connectivity index is 2.34. The fraction of sp³-hybridized carbons (Fsp3) is 0.643. The Labute approximate surface area is 113 Å². The van der Waals surface area contributed by atoms with Gasteiger partial charge in [-0.15, -0.1) is 0 Å². The molecule has 0 fully saturated rings. The number of amides is 1. The summed E-state index contributed by atoms with van der Waals surface area (Å²) >= 11 is 1.54. The molecule has 0 spiro atoms. The highest BCUT2D eigenvalue weighted by Crippen LogP contribution is 2.27. The SMILES string of the molecule is CC(CC(=O)NCC(O)c1ccsc1)C(C)(C)C. The maximum Gasteiger partial charge on any atom is 0.220 e. The number of rotatable bonds is 5. The normalized spacial score (nSPS) is 15.2. The molecule has 2 N–H and O–H groups in total. The van der Waals surface area contributed by atoms with Crippen LogP contribution in [-0.2, 0) is 4.79 Å².